The van der Waals surface area contributed by atoms with Gasteiger partial charge in [0.1, 0.15) is 53.7 Å². The van der Waals surface area contributed by atoms with E-state index in [1.807, 2.05) is 0 Å². The number of nitrogen functional groups attached to an aromatic ring is 1. The fourth-order valence-electron chi connectivity index (χ4n) is 7.86. The summed E-state index contributed by atoms with van der Waals surface area (Å²) >= 11 is 6.17. The highest BCUT2D eigenvalue weighted by atomic mass is 35.5. The van der Waals surface area contributed by atoms with Crippen LogP contribution in [0.1, 0.15) is 16.1 Å². The Balaban J connectivity index is 1.21. The van der Waals surface area contributed by atoms with Gasteiger partial charge >= 0.3 is 5.97 Å². The maximum atomic E-state index is 13.4. The Kier molecular flexibility index (Phi) is 17.3. The quantitative estimate of drug-likeness (QED) is 0.00682. The highest BCUT2D eigenvalue weighted by molar-refractivity contribution is 7.94. The predicted octanol–water partition coefficient (Wildman–Crippen LogP) is 9.36. The van der Waals surface area contributed by atoms with Crippen molar-refractivity contribution >= 4 is 159 Å². The molecule has 8 rings (SSSR count). The summed E-state index contributed by atoms with van der Waals surface area (Å²) in [5.74, 6) is -4.24. The van der Waals surface area contributed by atoms with Gasteiger partial charge in [-0.3, -0.25) is 42.8 Å². The number of azo groups is 4. The van der Waals surface area contributed by atoms with E-state index in [9.17, 15) is 99.9 Å². The van der Waals surface area contributed by atoms with Crippen molar-refractivity contribution in [3.63, 3.8) is 0 Å². The zero-order valence-electron chi connectivity index (χ0n) is 42.0. The number of nitro groups is 1. The SMILES string of the molecule is Cc1[nH]n(-c2cc(S(=O)(=O)O)ccc2Cl)c(=O)c1N=Nc1ccc(N=Nc2c(S(=O)(=O)O)cc3c(S(=O)(=O)O)c(N=Nc4cc(S(=O)(=O)O)c5cc(SOOO)c(N=Nc6ccc([N+](=O)[O-])cc6C(=O)O)c(O)c5c4N)ccc3c2O)cc1S(=O)(=O)O. The number of carbonyl (C=O) groups is 1. The van der Waals surface area contributed by atoms with E-state index in [0.29, 0.717) is 35.0 Å². The molecule has 7 aromatic carbocycles. The molecule has 12 N–H and O–H groups in total. The van der Waals surface area contributed by atoms with Gasteiger partial charge in [0.05, 0.1) is 65.5 Å². The number of aromatic hydroxyl groups is 2. The van der Waals surface area contributed by atoms with Crippen LogP contribution in [-0.4, -0.2) is 106 Å². The van der Waals surface area contributed by atoms with Crippen molar-refractivity contribution in [1.82, 2.24) is 9.78 Å². The molecular weight excluding hydrogens is 1310 g/mol. The maximum absolute atomic E-state index is 13.4. The van der Waals surface area contributed by atoms with Crippen LogP contribution in [0.5, 0.6) is 11.5 Å². The number of carboxylic acids is 1. The van der Waals surface area contributed by atoms with Crippen LogP contribution in [0.25, 0.3) is 27.2 Å². The number of hydrogen-bond donors (Lipinski definition) is 11. The van der Waals surface area contributed by atoms with Crippen LogP contribution >= 0.6 is 23.6 Å². The molecule has 0 atom stereocenters. The highest BCUT2D eigenvalue weighted by Crippen LogP contribution is 2.51. The number of halogens is 1. The Morgan fingerprint density at radius 2 is 1.24 bits per heavy atom. The summed E-state index contributed by atoms with van der Waals surface area (Å²) in [5.41, 5.74) is -3.50. The summed E-state index contributed by atoms with van der Waals surface area (Å²) in [6.07, 6.45) is 0. The van der Waals surface area contributed by atoms with E-state index < -0.39 is 192 Å². The molecule has 0 saturated carbocycles. The van der Waals surface area contributed by atoms with Crippen LogP contribution in [0.4, 0.5) is 56.9 Å². The van der Waals surface area contributed by atoms with Gasteiger partial charge in [-0.25, -0.2) is 14.7 Å². The van der Waals surface area contributed by atoms with E-state index in [4.69, 9.17) is 22.6 Å². The molecule has 0 unspecified atom stereocenters. The number of anilines is 1. The zero-order chi connectivity index (χ0) is 64.2. The number of nitrogens with zero attached hydrogens (tertiary/aromatic N) is 10. The second-order valence-corrected chi connectivity index (χ2v) is 25.1. The average molecular weight is 1340 g/mol. The number of phenols is 2. The Bertz CT molecular complexity index is 5120. The molecule has 0 bridgehead atoms. The summed E-state index contributed by atoms with van der Waals surface area (Å²) in [4.78, 5) is 29.4. The van der Waals surface area contributed by atoms with Gasteiger partial charge in [-0.1, -0.05) is 16.6 Å². The molecule has 0 aliphatic carbocycles. The minimum atomic E-state index is -5.72. The Labute approximate surface area is 492 Å². The van der Waals surface area contributed by atoms with E-state index >= 15 is 0 Å². The Hall–Kier alpha value is -9.19. The number of carboxylic acid groups (broad SMARTS) is 1. The summed E-state index contributed by atoms with van der Waals surface area (Å²) in [7, 11) is -27.0. The van der Waals surface area contributed by atoms with Gasteiger partial charge in [-0.05, 0) is 79.7 Å². The van der Waals surface area contributed by atoms with Gasteiger partial charge in [-0.15, -0.1) is 40.1 Å². The molecule has 87 heavy (non-hydrogen) atoms. The number of phenolic OH excluding ortho intramolecular Hbond substituents is 2. The van der Waals surface area contributed by atoms with E-state index in [1.54, 1.807) is 0 Å². The molecule has 44 heteroatoms. The van der Waals surface area contributed by atoms with Crippen molar-refractivity contribution in [3.8, 4) is 17.2 Å². The zero-order valence-corrected chi connectivity index (χ0v) is 47.7. The molecular formula is C43H29ClN12O25S6. The van der Waals surface area contributed by atoms with Gasteiger partial charge in [0.15, 0.2) is 17.2 Å². The summed E-state index contributed by atoms with van der Waals surface area (Å²) in [6, 6.07) is 10.6. The van der Waals surface area contributed by atoms with E-state index in [0.717, 1.165) is 54.6 Å². The lowest BCUT2D eigenvalue weighted by molar-refractivity contribution is -0.432. The van der Waals surface area contributed by atoms with Crippen molar-refractivity contribution in [2.45, 2.75) is 36.3 Å². The van der Waals surface area contributed by atoms with Gasteiger partial charge in [0.2, 0.25) is 0 Å². The molecule has 0 radical (unpaired) electrons. The van der Waals surface area contributed by atoms with Crippen LogP contribution in [-0.2, 0) is 60.0 Å². The minimum Gasteiger partial charge on any atom is -0.505 e. The number of aromatic amines is 1. The molecule has 37 nitrogen and oxygen atoms in total. The minimum absolute atomic E-state index is 0.00597. The lowest BCUT2D eigenvalue weighted by Gasteiger charge is -2.15. The molecule has 0 fully saturated rings. The van der Waals surface area contributed by atoms with E-state index in [-0.39, 0.29) is 28.4 Å². The normalized spacial score (nSPS) is 12.9. The van der Waals surface area contributed by atoms with E-state index in [2.05, 4.69) is 55.4 Å². The van der Waals surface area contributed by atoms with Crippen LogP contribution in [0, 0.1) is 17.0 Å². The largest absolute Gasteiger partial charge is 0.505 e. The predicted molar refractivity (Wildman–Crippen MR) is 295 cm³/mol. The van der Waals surface area contributed by atoms with Gasteiger partial charge in [-0.2, -0.15) is 47.2 Å². The number of non-ortho nitro benzene ring substituents is 1. The first-order valence-corrected chi connectivity index (χ1v) is 30.7. The lowest BCUT2D eigenvalue weighted by atomic mass is 10.0. The van der Waals surface area contributed by atoms with Gasteiger partial charge in [0, 0.05) is 28.3 Å². The molecule has 8 aromatic rings. The van der Waals surface area contributed by atoms with Crippen molar-refractivity contribution in [2.24, 2.45) is 40.9 Å². The first-order valence-electron chi connectivity index (χ1n) is 22.3. The Morgan fingerprint density at radius 1 is 0.644 bits per heavy atom. The number of H-pyrrole nitrogens is 1. The van der Waals surface area contributed by atoms with Crippen LogP contribution in [0.3, 0.4) is 0 Å². The van der Waals surface area contributed by atoms with Crippen molar-refractivity contribution in [1.29, 1.82) is 0 Å². The molecule has 0 amide bonds. The molecule has 1 heterocycles. The number of rotatable bonds is 19. The first kappa shape index (κ1) is 63.8. The molecule has 1 aromatic heterocycles. The third-order valence-electron chi connectivity index (χ3n) is 11.6. The number of fused-ring (bicyclic) bond motifs is 2. The fraction of sp³-hybridized carbons (Fsp3) is 0.0233. The van der Waals surface area contributed by atoms with Crippen molar-refractivity contribution < 1.29 is 105 Å². The molecule has 454 valence electrons. The number of hydrogen-bond acceptors (Lipinski definition) is 29. The van der Waals surface area contributed by atoms with Crippen molar-refractivity contribution in [3.05, 3.63) is 122 Å². The second-order valence-electron chi connectivity index (χ2n) is 17.0. The van der Waals surface area contributed by atoms with Crippen LogP contribution in [0.2, 0.25) is 5.02 Å². The summed E-state index contributed by atoms with van der Waals surface area (Å²) < 4.78 is 183. The molecule has 0 spiro atoms. The number of aryl methyl sites for hydroxylation is 1. The number of nitrogens with two attached hydrogens (primary N) is 1. The number of benzene rings is 7. The molecule has 0 aliphatic rings. The smallest absolute Gasteiger partial charge is 0.338 e. The standard InChI is InChI=1S/C43H29ClN12O25S6/c1-16-36(42(59)55(54-16)29-12-19(83(65,66)67)4-6-24(29)44)51-48-26-7-2-17(10-32(26)85(71,72)73)46-53-38-33(86(74,75)76)14-21-20(39(38)57)5-9-27(41(21)87(77,78)79)49-50-28-15-31(84(68,69)70)23-13-30(82-81-80-64)37(40(58)34(23)35(28)45)52-47-25-8-3-18(56(62)63)11-22(25)43(60)61/h2-15,54,57-58,64H,45H2,1H3,(H,60,61)(H,65,66,67)(H,68,69,70)(H,71,72,73)(H,74,75,76)(H,77,78,79). The highest BCUT2D eigenvalue weighted by Gasteiger charge is 2.30. The van der Waals surface area contributed by atoms with Crippen LogP contribution in [0.15, 0.2) is 160 Å². The number of aromatic carboxylic acids is 1. The van der Waals surface area contributed by atoms with Crippen molar-refractivity contribution in [2.75, 3.05) is 5.73 Å². The third kappa shape index (κ3) is 13.1. The fourth-order valence-corrected chi connectivity index (χ4v) is 11.9. The second kappa shape index (κ2) is 23.6. The topological polar surface area (TPSA) is 594 Å². The van der Waals surface area contributed by atoms with Gasteiger partial charge in [0.25, 0.3) is 61.8 Å². The third-order valence-corrected chi connectivity index (χ3v) is 17.0. The number of nitro benzene ring substituents is 1. The summed E-state index contributed by atoms with van der Waals surface area (Å²) in [6.45, 7) is 1.29. The molecule has 0 saturated heterocycles. The van der Waals surface area contributed by atoms with Gasteiger partial charge < -0.3 is 21.1 Å². The average Bonchev–Trinajstić information content (AvgIpc) is 1.33. The first-order chi connectivity index (χ1) is 40.4. The number of nitrogens with one attached hydrogen (secondary N) is 1. The maximum Gasteiger partial charge on any atom is 0.338 e. The van der Waals surface area contributed by atoms with Crippen LogP contribution < -0.4 is 11.3 Å². The number of aromatic nitrogens is 2. The van der Waals surface area contributed by atoms with E-state index in [1.165, 1.54) is 6.92 Å². The lowest BCUT2D eigenvalue weighted by Crippen LogP contribution is -2.15. The Morgan fingerprint density at radius 3 is 1.85 bits per heavy atom. The monoisotopic (exact) mass is 1340 g/mol. The summed E-state index contributed by atoms with van der Waals surface area (Å²) in [5, 5.41) is 85.4. The molecule has 0 aliphatic heterocycles.